The SMILES string of the molecule is CC(C)(C)C(O)Cc1cnccc1N. The highest BCUT2D eigenvalue weighted by molar-refractivity contribution is 5.44. The molecule has 3 heteroatoms. The molecule has 0 saturated carbocycles. The summed E-state index contributed by atoms with van der Waals surface area (Å²) in [5.41, 5.74) is 7.25. The van der Waals surface area contributed by atoms with Crippen molar-refractivity contribution in [3.05, 3.63) is 24.0 Å². The summed E-state index contributed by atoms with van der Waals surface area (Å²) in [4.78, 5) is 3.99. The summed E-state index contributed by atoms with van der Waals surface area (Å²) >= 11 is 0. The lowest BCUT2D eigenvalue weighted by Crippen LogP contribution is -2.28. The van der Waals surface area contributed by atoms with Crippen molar-refractivity contribution < 1.29 is 5.11 Å². The number of nitrogen functional groups attached to an aromatic ring is 1. The number of hydrogen-bond acceptors (Lipinski definition) is 3. The van der Waals surface area contributed by atoms with Crippen LogP contribution in [0.25, 0.3) is 0 Å². The molecule has 0 amide bonds. The molecule has 0 spiro atoms. The van der Waals surface area contributed by atoms with Gasteiger partial charge in [0, 0.05) is 24.5 Å². The van der Waals surface area contributed by atoms with Crippen molar-refractivity contribution in [1.29, 1.82) is 0 Å². The Morgan fingerprint density at radius 1 is 1.50 bits per heavy atom. The van der Waals surface area contributed by atoms with E-state index in [1.54, 1.807) is 18.5 Å². The quantitative estimate of drug-likeness (QED) is 0.752. The van der Waals surface area contributed by atoms with Crippen molar-refractivity contribution in [2.75, 3.05) is 5.73 Å². The third-order valence-corrected chi connectivity index (χ3v) is 2.35. The standard InChI is InChI=1S/C11H18N2O/c1-11(2,3)10(14)6-8-7-13-5-4-9(8)12/h4-5,7,10,14H,6H2,1-3H3,(H2,12,13). The van der Waals surface area contributed by atoms with Crippen LogP contribution in [0.3, 0.4) is 0 Å². The van der Waals surface area contributed by atoms with Crippen LogP contribution < -0.4 is 5.73 Å². The second kappa shape index (κ2) is 3.96. The first kappa shape index (κ1) is 11.0. The Morgan fingerprint density at radius 2 is 2.14 bits per heavy atom. The topological polar surface area (TPSA) is 59.1 Å². The van der Waals surface area contributed by atoms with Crippen molar-refractivity contribution in [2.24, 2.45) is 5.41 Å². The predicted molar refractivity (Wildman–Crippen MR) is 57.8 cm³/mol. The fraction of sp³-hybridized carbons (Fsp3) is 0.545. The number of hydrogen-bond donors (Lipinski definition) is 2. The van der Waals surface area contributed by atoms with Gasteiger partial charge in [0.1, 0.15) is 0 Å². The molecule has 0 bridgehead atoms. The first-order valence-corrected chi connectivity index (χ1v) is 4.77. The summed E-state index contributed by atoms with van der Waals surface area (Å²) in [6, 6.07) is 1.75. The average Bonchev–Trinajstić information content (AvgIpc) is 2.07. The molecular formula is C11H18N2O. The highest BCUT2D eigenvalue weighted by Gasteiger charge is 2.22. The van der Waals surface area contributed by atoms with Gasteiger partial charge < -0.3 is 10.8 Å². The van der Waals surface area contributed by atoms with Crippen molar-refractivity contribution >= 4 is 5.69 Å². The molecule has 0 aliphatic heterocycles. The smallest absolute Gasteiger partial charge is 0.0630 e. The number of aliphatic hydroxyl groups is 1. The van der Waals surface area contributed by atoms with E-state index in [9.17, 15) is 5.11 Å². The van der Waals surface area contributed by atoms with Crippen molar-refractivity contribution in [2.45, 2.75) is 33.3 Å². The van der Waals surface area contributed by atoms with Crippen molar-refractivity contribution in [3.63, 3.8) is 0 Å². The van der Waals surface area contributed by atoms with Crippen LogP contribution in [0, 0.1) is 5.41 Å². The van der Waals surface area contributed by atoms with Crippen LogP contribution in [0.5, 0.6) is 0 Å². The van der Waals surface area contributed by atoms with Gasteiger partial charge in [-0.2, -0.15) is 0 Å². The first-order chi connectivity index (χ1) is 6.41. The van der Waals surface area contributed by atoms with Gasteiger partial charge in [0.15, 0.2) is 0 Å². The molecule has 1 aromatic rings. The number of pyridine rings is 1. The Kier molecular flexibility index (Phi) is 3.11. The van der Waals surface area contributed by atoms with Crippen LogP contribution in [0.2, 0.25) is 0 Å². The summed E-state index contributed by atoms with van der Waals surface area (Å²) in [6.45, 7) is 6.01. The van der Waals surface area contributed by atoms with E-state index in [-0.39, 0.29) is 5.41 Å². The number of aromatic nitrogens is 1. The number of rotatable bonds is 2. The molecule has 1 aromatic heterocycles. The highest BCUT2D eigenvalue weighted by atomic mass is 16.3. The molecule has 1 atom stereocenters. The van der Waals surface area contributed by atoms with Crippen LogP contribution >= 0.6 is 0 Å². The molecule has 0 aliphatic rings. The Balaban J connectivity index is 2.75. The normalized spacial score (nSPS) is 14.0. The van der Waals surface area contributed by atoms with E-state index >= 15 is 0 Å². The zero-order valence-electron chi connectivity index (χ0n) is 8.99. The molecule has 0 aliphatic carbocycles. The Labute approximate surface area is 85.0 Å². The maximum absolute atomic E-state index is 9.88. The lowest BCUT2D eigenvalue weighted by Gasteiger charge is -2.26. The zero-order valence-corrected chi connectivity index (χ0v) is 8.99. The molecule has 3 N–H and O–H groups in total. The van der Waals surface area contributed by atoms with Gasteiger partial charge in [0.2, 0.25) is 0 Å². The van der Waals surface area contributed by atoms with Gasteiger partial charge in [-0.15, -0.1) is 0 Å². The fourth-order valence-electron chi connectivity index (χ4n) is 1.12. The van der Waals surface area contributed by atoms with Crippen molar-refractivity contribution in [3.8, 4) is 0 Å². The highest BCUT2D eigenvalue weighted by Crippen LogP contribution is 2.23. The Morgan fingerprint density at radius 3 is 2.64 bits per heavy atom. The van der Waals surface area contributed by atoms with Crippen LogP contribution in [-0.4, -0.2) is 16.2 Å². The minimum atomic E-state index is -0.394. The second-order valence-corrected chi connectivity index (χ2v) is 4.66. The van der Waals surface area contributed by atoms with Crippen LogP contribution in [0.4, 0.5) is 5.69 Å². The number of aliphatic hydroxyl groups excluding tert-OH is 1. The molecule has 14 heavy (non-hydrogen) atoms. The fourth-order valence-corrected chi connectivity index (χ4v) is 1.12. The number of anilines is 1. The summed E-state index contributed by atoms with van der Waals surface area (Å²) < 4.78 is 0. The minimum Gasteiger partial charge on any atom is -0.398 e. The Bertz CT molecular complexity index is 304. The van der Waals surface area contributed by atoms with E-state index in [1.807, 2.05) is 20.8 Å². The maximum atomic E-state index is 9.88. The molecule has 1 rings (SSSR count). The zero-order chi connectivity index (χ0) is 10.8. The van der Waals surface area contributed by atoms with Crippen LogP contribution in [-0.2, 0) is 6.42 Å². The number of nitrogens with zero attached hydrogens (tertiary/aromatic N) is 1. The van der Waals surface area contributed by atoms with Crippen LogP contribution in [0.15, 0.2) is 18.5 Å². The van der Waals surface area contributed by atoms with E-state index in [4.69, 9.17) is 5.73 Å². The summed E-state index contributed by atoms with van der Waals surface area (Å²) in [6.07, 6.45) is 3.53. The lowest BCUT2D eigenvalue weighted by atomic mass is 9.85. The van der Waals surface area contributed by atoms with Gasteiger partial charge in [-0.3, -0.25) is 4.98 Å². The molecule has 0 saturated heterocycles. The molecule has 78 valence electrons. The van der Waals surface area contributed by atoms with E-state index in [0.29, 0.717) is 12.1 Å². The van der Waals surface area contributed by atoms with Gasteiger partial charge in [0.05, 0.1) is 6.10 Å². The molecule has 0 aromatic carbocycles. The molecule has 0 fully saturated rings. The largest absolute Gasteiger partial charge is 0.398 e. The van der Waals surface area contributed by atoms with Gasteiger partial charge in [-0.25, -0.2) is 0 Å². The third kappa shape index (κ3) is 2.70. The molecule has 0 radical (unpaired) electrons. The van der Waals surface area contributed by atoms with Gasteiger partial charge in [0.25, 0.3) is 0 Å². The molecular weight excluding hydrogens is 176 g/mol. The summed E-state index contributed by atoms with van der Waals surface area (Å²) in [7, 11) is 0. The van der Waals surface area contributed by atoms with Crippen LogP contribution in [0.1, 0.15) is 26.3 Å². The average molecular weight is 194 g/mol. The summed E-state index contributed by atoms with van der Waals surface area (Å²) in [5, 5.41) is 9.88. The second-order valence-electron chi connectivity index (χ2n) is 4.66. The molecule has 1 heterocycles. The monoisotopic (exact) mass is 194 g/mol. The lowest BCUT2D eigenvalue weighted by molar-refractivity contribution is 0.0637. The third-order valence-electron chi connectivity index (χ3n) is 2.35. The molecule has 3 nitrogen and oxygen atoms in total. The van der Waals surface area contributed by atoms with Gasteiger partial charge >= 0.3 is 0 Å². The van der Waals surface area contributed by atoms with Gasteiger partial charge in [-0.05, 0) is 17.0 Å². The molecule has 1 unspecified atom stereocenters. The van der Waals surface area contributed by atoms with E-state index < -0.39 is 6.10 Å². The first-order valence-electron chi connectivity index (χ1n) is 4.77. The summed E-state index contributed by atoms with van der Waals surface area (Å²) in [5.74, 6) is 0. The van der Waals surface area contributed by atoms with E-state index in [2.05, 4.69) is 4.98 Å². The number of nitrogens with two attached hydrogens (primary N) is 1. The van der Waals surface area contributed by atoms with Crippen molar-refractivity contribution in [1.82, 2.24) is 4.98 Å². The van der Waals surface area contributed by atoms with E-state index in [0.717, 1.165) is 5.56 Å². The predicted octanol–water partition coefficient (Wildman–Crippen LogP) is 1.61. The minimum absolute atomic E-state index is 0.123. The Hall–Kier alpha value is -1.09. The maximum Gasteiger partial charge on any atom is 0.0630 e. The van der Waals surface area contributed by atoms with E-state index in [1.165, 1.54) is 0 Å². The van der Waals surface area contributed by atoms with Gasteiger partial charge in [-0.1, -0.05) is 20.8 Å².